The molecule has 17 heavy (non-hydrogen) atoms. The Balaban J connectivity index is 0.00000256. The second-order valence-corrected chi connectivity index (χ2v) is 5.61. The summed E-state index contributed by atoms with van der Waals surface area (Å²) in [6.07, 6.45) is 5.37. The van der Waals surface area contributed by atoms with Gasteiger partial charge in [0.2, 0.25) is 5.91 Å². The molecular formula is C12H25ClN2OS. The summed E-state index contributed by atoms with van der Waals surface area (Å²) < 4.78 is 0. The molecule has 102 valence electrons. The lowest BCUT2D eigenvalue weighted by Crippen LogP contribution is -2.44. The van der Waals surface area contributed by atoms with Crippen LogP contribution in [-0.4, -0.2) is 49.0 Å². The summed E-state index contributed by atoms with van der Waals surface area (Å²) in [4.78, 5) is 14.1. The second kappa shape index (κ2) is 9.06. The van der Waals surface area contributed by atoms with Gasteiger partial charge in [0, 0.05) is 19.6 Å². The summed E-state index contributed by atoms with van der Waals surface area (Å²) in [5, 5.41) is 3.30. The van der Waals surface area contributed by atoms with Crippen LogP contribution in [0.5, 0.6) is 0 Å². The Bertz CT molecular complexity index is 223. The first kappa shape index (κ1) is 17.1. The zero-order valence-corrected chi connectivity index (χ0v) is 12.7. The number of thioether (sulfide) groups is 1. The molecule has 1 rings (SSSR count). The minimum absolute atomic E-state index is 0. The van der Waals surface area contributed by atoms with Crippen molar-refractivity contribution in [1.29, 1.82) is 0 Å². The van der Waals surface area contributed by atoms with Crippen LogP contribution in [0.15, 0.2) is 0 Å². The standard InChI is InChI=1S/C12H24N2OS.ClH/c1-10(6-8-16-3)14(2)12(15)11-5-4-7-13-9-11;/h10-11,13H,4-9H2,1-3H3;1H. The number of hydrogen-bond donors (Lipinski definition) is 1. The molecular weight excluding hydrogens is 256 g/mol. The molecule has 1 N–H and O–H groups in total. The molecule has 3 nitrogen and oxygen atoms in total. The molecule has 1 aliphatic rings. The maximum atomic E-state index is 12.2. The van der Waals surface area contributed by atoms with Gasteiger partial charge < -0.3 is 10.2 Å². The van der Waals surface area contributed by atoms with Gasteiger partial charge in [-0.25, -0.2) is 0 Å². The second-order valence-electron chi connectivity index (χ2n) is 4.62. The van der Waals surface area contributed by atoms with E-state index in [1.54, 1.807) is 0 Å². The van der Waals surface area contributed by atoms with E-state index in [4.69, 9.17) is 0 Å². The van der Waals surface area contributed by atoms with E-state index in [-0.39, 0.29) is 18.3 Å². The third kappa shape index (κ3) is 5.49. The van der Waals surface area contributed by atoms with Gasteiger partial charge in [0.05, 0.1) is 5.92 Å². The Morgan fingerprint density at radius 1 is 1.59 bits per heavy atom. The molecule has 1 amide bonds. The molecule has 0 aliphatic carbocycles. The van der Waals surface area contributed by atoms with Crippen molar-refractivity contribution in [2.45, 2.75) is 32.2 Å². The Kier molecular flexibility index (Phi) is 9.10. The van der Waals surface area contributed by atoms with Crippen molar-refractivity contribution in [3.8, 4) is 0 Å². The average molecular weight is 281 g/mol. The van der Waals surface area contributed by atoms with Crippen LogP contribution in [0.25, 0.3) is 0 Å². The highest BCUT2D eigenvalue weighted by molar-refractivity contribution is 7.98. The SMILES string of the molecule is CSCCC(C)N(C)C(=O)C1CCCNC1.Cl. The van der Waals surface area contributed by atoms with Crippen LogP contribution in [0.3, 0.4) is 0 Å². The van der Waals surface area contributed by atoms with Crippen molar-refractivity contribution >= 4 is 30.1 Å². The molecule has 0 aromatic carbocycles. The first-order chi connectivity index (χ1) is 7.66. The van der Waals surface area contributed by atoms with E-state index in [0.29, 0.717) is 11.9 Å². The lowest BCUT2D eigenvalue weighted by molar-refractivity contribution is -0.136. The summed E-state index contributed by atoms with van der Waals surface area (Å²) in [5.41, 5.74) is 0. The van der Waals surface area contributed by atoms with Crippen molar-refractivity contribution in [3.05, 3.63) is 0 Å². The maximum Gasteiger partial charge on any atom is 0.226 e. The Hall–Kier alpha value is 0.0700. The largest absolute Gasteiger partial charge is 0.343 e. The van der Waals surface area contributed by atoms with Crippen molar-refractivity contribution < 1.29 is 4.79 Å². The lowest BCUT2D eigenvalue weighted by Gasteiger charge is -2.31. The van der Waals surface area contributed by atoms with Crippen molar-refractivity contribution in [2.75, 3.05) is 32.1 Å². The fraction of sp³-hybridized carbons (Fsp3) is 0.917. The molecule has 0 aromatic rings. The summed E-state index contributed by atoms with van der Waals surface area (Å²) >= 11 is 1.84. The molecule has 0 bridgehead atoms. The van der Waals surface area contributed by atoms with Crippen LogP contribution in [0.4, 0.5) is 0 Å². The van der Waals surface area contributed by atoms with Gasteiger partial charge in [-0.15, -0.1) is 12.4 Å². The summed E-state index contributed by atoms with van der Waals surface area (Å²) in [6, 6.07) is 0.363. The zero-order valence-electron chi connectivity index (χ0n) is 11.1. The first-order valence-electron chi connectivity index (χ1n) is 6.13. The number of nitrogens with zero attached hydrogens (tertiary/aromatic N) is 1. The third-order valence-electron chi connectivity index (χ3n) is 3.39. The predicted octanol–water partition coefficient (Wildman–Crippen LogP) is 2.01. The topological polar surface area (TPSA) is 32.3 Å². The fourth-order valence-corrected chi connectivity index (χ4v) is 2.63. The van der Waals surface area contributed by atoms with E-state index in [1.165, 1.54) is 0 Å². The predicted molar refractivity (Wildman–Crippen MR) is 78.1 cm³/mol. The fourth-order valence-electron chi connectivity index (χ4n) is 2.05. The molecule has 5 heteroatoms. The number of rotatable bonds is 5. The third-order valence-corrected chi connectivity index (χ3v) is 4.04. The zero-order chi connectivity index (χ0) is 12.0. The van der Waals surface area contributed by atoms with Gasteiger partial charge in [-0.1, -0.05) is 0 Å². The molecule has 0 aromatic heterocycles. The highest BCUT2D eigenvalue weighted by Gasteiger charge is 2.25. The summed E-state index contributed by atoms with van der Waals surface area (Å²) in [6.45, 7) is 4.07. The Morgan fingerprint density at radius 2 is 2.29 bits per heavy atom. The van der Waals surface area contributed by atoms with Crippen LogP contribution in [0.1, 0.15) is 26.2 Å². The number of carbonyl (C=O) groups is 1. The van der Waals surface area contributed by atoms with Crippen LogP contribution in [0.2, 0.25) is 0 Å². The molecule has 0 spiro atoms. The van der Waals surface area contributed by atoms with Gasteiger partial charge in [-0.3, -0.25) is 4.79 Å². The highest BCUT2D eigenvalue weighted by atomic mass is 35.5. The maximum absolute atomic E-state index is 12.2. The molecule has 0 saturated carbocycles. The van der Waals surface area contributed by atoms with Crippen LogP contribution >= 0.6 is 24.2 Å². The van der Waals surface area contributed by atoms with Crippen LogP contribution in [-0.2, 0) is 4.79 Å². The quantitative estimate of drug-likeness (QED) is 0.836. The van der Waals surface area contributed by atoms with E-state index >= 15 is 0 Å². The van der Waals surface area contributed by atoms with Gasteiger partial charge in [-0.2, -0.15) is 11.8 Å². The van der Waals surface area contributed by atoms with E-state index in [1.807, 2.05) is 23.7 Å². The molecule has 0 radical (unpaired) electrons. The van der Waals surface area contributed by atoms with Gasteiger partial charge in [0.25, 0.3) is 0 Å². The van der Waals surface area contributed by atoms with Crippen molar-refractivity contribution in [3.63, 3.8) is 0 Å². The van der Waals surface area contributed by atoms with E-state index in [9.17, 15) is 4.79 Å². The number of hydrogen-bond acceptors (Lipinski definition) is 3. The lowest BCUT2D eigenvalue weighted by atomic mass is 9.97. The Labute approximate surface area is 115 Å². The first-order valence-corrected chi connectivity index (χ1v) is 7.52. The van der Waals surface area contributed by atoms with E-state index in [2.05, 4.69) is 18.5 Å². The monoisotopic (exact) mass is 280 g/mol. The molecule has 2 atom stereocenters. The van der Waals surface area contributed by atoms with Crippen molar-refractivity contribution in [1.82, 2.24) is 10.2 Å². The van der Waals surface area contributed by atoms with Crippen LogP contribution < -0.4 is 5.32 Å². The highest BCUT2D eigenvalue weighted by Crippen LogP contribution is 2.15. The normalized spacial score (nSPS) is 21.5. The number of piperidine rings is 1. The number of amides is 1. The van der Waals surface area contributed by atoms with Gasteiger partial charge in [0.15, 0.2) is 0 Å². The van der Waals surface area contributed by atoms with Gasteiger partial charge in [0.1, 0.15) is 0 Å². The molecule has 1 saturated heterocycles. The molecule has 2 unspecified atom stereocenters. The summed E-state index contributed by atoms with van der Waals surface area (Å²) in [7, 11) is 1.95. The summed E-state index contributed by atoms with van der Waals surface area (Å²) in [5.74, 6) is 1.65. The van der Waals surface area contributed by atoms with Gasteiger partial charge >= 0.3 is 0 Å². The number of carbonyl (C=O) groups excluding carboxylic acids is 1. The average Bonchev–Trinajstić information content (AvgIpc) is 2.35. The minimum Gasteiger partial charge on any atom is -0.343 e. The Morgan fingerprint density at radius 3 is 2.82 bits per heavy atom. The number of nitrogens with one attached hydrogen (secondary N) is 1. The van der Waals surface area contributed by atoms with Crippen molar-refractivity contribution in [2.24, 2.45) is 5.92 Å². The number of halogens is 1. The van der Waals surface area contributed by atoms with Gasteiger partial charge in [-0.05, 0) is 44.7 Å². The molecule has 1 heterocycles. The smallest absolute Gasteiger partial charge is 0.226 e. The minimum atomic E-state index is 0. The molecule has 1 fully saturated rings. The van der Waals surface area contributed by atoms with E-state index < -0.39 is 0 Å². The van der Waals surface area contributed by atoms with Crippen LogP contribution in [0, 0.1) is 5.92 Å². The molecule has 1 aliphatic heterocycles. The van der Waals surface area contributed by atoms with E-state index in [0.717, 1.165) is 38.1 Å².